The smallest absolute Gasteiger partial charge is 0.407 e. The molecule has 3 heterocycles. The number of amides is 3. The van der Waals surface area contributed by atoms with Crippen molar-refractivity contribution in [2.45, 2.75) is 31.2 Å². The van der Waals surface area contributed by atoms with Crippen molar-refractivity contribution >= 4 is 44.7 Å². The Hall–Kier alpha value is -3.75. The van der Waals surface area contributed by atoms with E-state index in [-0.39, 0.29) is 47.1 Å². The number of ether oxygens (including phenoxy) is 1. The molecule has 190 valence electrons. The van der Waals surface area contributed by atoms with Crippen LogP contribution in [0, 0.1) is 4.91 Å². The lowest BCUT2D eigenvalue weighted by atomic mass is 9.98. The number of thiazole rings is 1. The topological polar surface area (TPSA) is 267 Å². The second-order valence-electron chi connectivity index (χ2n) is 6.95. The molecule has 0 spiro atoms. The molecule has 0 saturated carbocycles. The van der Waals surface area contributed by atoms with Crippen molar-refractivity contribution < 1.29 is 32.1 Å². The highest BCUT2D eigenvalue weighted by Crippen LogP contribution is 2.27. The van der Waals surface area contributed by atoms with Crippen molar-refractivity contribution in [3.8, 4) is 0 Å². The van der Waals surface area contributed by atoms with E-state index in [1.807, 2.05) is 0 Å². The van der Waals surface area contributed by atoms with Gasteiger partial charge in [-0.1, -0.05) is 0 Å². The Morgan fingerprint density at radius 1 is 1.40 bits per heavy atom. The standard InChI is InChI=1S/C15H20N10O8S2/c16-1-2-33-15(28)18-3-7-4-19-24(22-7)5-9-11(13(27)25(9)35(30,31)32)21-12(26)10(23-29)8-6-34-14(17)20-8/h4,6,9-11H,1-3,5,16H2,(H2,17,20)(H,18,28)(H,21,26)(H,30,31,32). The van der Waals surface area contributed by atoms with Crippen molar-refractivity contribution in [3.63, 3.8) is 0 Å². The van der Waals surface area contributed by atoms with Crippen molar-refractivity contribution in [1.29, 1.82) is 0 Å². The summed E-state index contributed by atoms with van der Waals surface area (Å²) in [5.41, 5.74) is 10.9. The maximum atomic E-state index is 12.6. The minimum Gasteiger partial charge on any atom is -0.448 e. The summed E-state index contributed by atoms with van der Waals surface area (Å²) in [6.45, 7) is -0.300. The number of carbonyl (C=O) groups is 3. The Kier molecular flexibility index (Phi) is 7.89. The molecular weight excluding hydrogens is 512 g/mol. The zero-order valence-electron chi connectivity index (χ0n) is 17.7. The summed E-state index contributed by atoms with van der Waals surface area (Å²) in [7, 11) is -4.98. The van der Waals surface area contributed by atoms with Crippen molar-refractivity contribution in [1.82, 2.24) is 34.9 Å². The highest BCUT2D eigenvalue weighted by molar-refractivity contribution is 7.84. The first-order chi connectivity index (χ1) is 16.5. The number of carbonyl (C=O) groups excluding carboxylic acids is 3. The van der Waals surface area contributed by atoms with E-state index in [9.17, 15) is 32.3 Å². The number of nitrogens with two attached hydrogens (primary N) is 2. The number of β-lactam (4-membered cyclic amide) rings is 1. The maximum absolute atomic E-state index is 12.6. The molecule has 0 radical (unpaired) electrons. The van der Waals surface area contributed by atoms with Crippen molar-refractivity contribution in [2.24, 2.45) is 10.9 Å². The number of alkyl carbamates (subject to hydrolysis) is 1. The molecule has 35 heavy (non-hydrogen) atoms. The van der Waals surface area contributed by atoms with Gasteiger partial charge in [0.1, 0.15) is 24.4 Å². The normalized spacial score (nSPS) is 18.5. The van der Waals surface area contributed by atoms with E-state index in [0.29, 0.717) is 0 Å². The molecule has 1 saturated heterocycles. The first-order valence-corrected chi connectivity index (χ1v) is 12.0. The summed E-state index contributed by atoms with van der Waals surface area (Å²) in [5.74, 6) is -2.18. The number of hydrogen-bond acceptors (Lipinski definition) is 14. The van der Waals surface area contributed by atoms with Gasteiger partial charge in [-0.2, -0.15) is 23.4 Å². The van der Waals surface area contributed by atoms with Gasteiger partial charge in [-0.05, 0) is 5.18 Å². The number of nitrogen functional groups attached to an aromatic ring is 1. The van der Waals surface area contributed by atoms with Crippen LogP contribution < -0.4 is 22.1 Å². The van der Waals surface area contributed by atoms with Crippen LogP contribution in [0.15, 0.2) is 16.8 Å². The van der Waals surface area contributed by atoms with E-state index >= 15 is 0 Å². The van der Waals surface area contributed by atoms with Gasteiger partial charge in [0.15, 0.2) is 5.13 Å². The fraction of sp³-hybridized carbons (Fsp3) is 0.467. The molecule has 0 aromatic carbocycles. The van der Waals surface area contributed by atoms with Crippen LogP contribution in [0.25, 0.3) is 0 Å². The Balaban J connectivity index is 1.70. The van der Waals surface area contributed by atoms with Gasteiger partial charge in [0, 0.05) is 11.9 Å². The monoisotopic (exact) mass is 532 g/mol. The minimum atomic E-state index is -4.98. The summed E-state index contributed by atoms with van der Waals surface area (Å²) in [6.07, 6.45) is 0.517. The second kappa shape index (κ2) is 10.7. The lowest BCUT2D eigenvalue weighted by Crippen LogP contribution is -2.73. The third-order valence-electron chi connectivity index (χ3n) is 4.59. The van der Waals surface area contributed by atoms with Gasteiger partial charge < -0.3 is 26.8 Å². The fourth-order valence-corrected chi connectivity index (χ4v) is 4.52. The van der Waals surface area contributed by atoms with E-state index in [2.05, 4.69) is 31.0 Å². The van der Waals surface area contributed by atoms with Gasteiger partial charge in [-0.25, -0.2) is 14.1 Å². The Morgan fingerprint density at radius 2 is 2.14 bits per heavy atom. The van der Waals surface area contributed by atoms with Gasteiger partial charge in [-0.3, -0.25) is 14.1 Å². The van der Waals surface area contributed by atoms with E-state index < -0.39 is 46.3 Å². The molecule has 2 aromatic heterocycles. The molecule has 3 unspecified atom stereocenters. The zero-order chi connectivity index (χ0) is 25.8. The maximum Gasteiger partial charge on any atom is 0.407 e. The lowest BCUT2D eigenvalue weighted by molar-refractivity contribution is -0.146. The molecule has 20 heteroatoms. The average molecular weight is 533 g/mol. The molecule has 7 N–H and O–H groups in total. The average Bonchev–Trinajstić information content (AvgIpc) is 3.42. The van der Waals surface area contributed by atoms with Crippen LogP contribution in [0.4, 0.5) is 9.93 Å². The molecule has 18 nitrogen and oxygen atoms in total. The predicted octanol–water partition coefficient (Wildman–Crippen LogP) is -2.49. The number of nitrogens with one attached hydrogen (secondary N) is 2. The molecule has 3 atom stereocenters. The minimum absolute atomic E-state index is 0.0170. The van der Waals surface area contributed by atoms with Crippen molar-refractivity contribution in [2.75, 3.05) is 18.9 Å². The molecule has 1 aliphatic rings. The van der Waals surface area contributed by atoms with Crippen LogP contribution in [-0.2, 0) is 37.7 Å². The summed E-state index contributed by atoms with van der Waals surface area (Å²) in [5, 5.41) is 16.7. The van der Waals surface area contributed by atoms with E-state index in [4.69, 9.17) is 16.2 Å². The third-order valence-corrected chi connectivity index (χ3v) is 6.23. The first-order valence-electron chi connectivity index (χ1n) is 9.69. The highest BCUT2D eigenvalue weighted by Gasteiger charge is 2.54. The van der Waals surface area contributed by atoms with Gasteiger partial charge in [0.2, 0.25) is 6.04 Å². The molecule has 0 aliphatic carbocycles. The van der Waals surface area contributed by atoms with Gasteiger partial charge in [-0.15, -0.1) is 16.2 Å². The van der Waals surface area contributed by atoms with Crippen LogP contribution in [-0.4, -0.2) is 80.4 Å². The summed E-state index contributed by atoms with van der Waals surface area (Å²) < 4.78 is 37.7. The van der Waals surface area contributed by atoms with Crippen LogP contribution in [0.5, 0.6) is 0 Å². The Bertz CT molecular complexity index is 1210. The largest absolute Gasteiger partial charge is 0.448 e. The van der Waals surface area contributed by atoms with Crippen molar-refractivity contribution in [3.05, 3.63) is 27.9 Å². The highest BCUT2D eigenvalue weighted by atomic mass is 32.2. The Labute approximate surface area is 200 Å². The predicted molar refractivity (Wildman–Crippen MR) is 116 cm³/mol. The SMILES string of the molecule is NCCOC(=O)NCc1cnn(CC2C(NC(=O)C(N=O)c3csc(N)n3)C(=O)N2S(=O)(=O)O)n1. The second-order valence-corrected chi connectivity index (χ2v) is 9.13. The van der Waals surface area contributed by atoms with Crippen LogP contribution >= 0.6 is 11.3 Å². The molecule has 1 aliphatic heterocycles. The number of aromatic nitrogens is 4. The summed E-state index contributed by atoms with van der Waals surface area (Å²) >= 11 is 0.963. The quantitative estimate of drug-likeness (QED) is 0.114. The molecule has 2 aromatic rings. The van der Waals surface area contributed by atoms with Gasteiger partial charge >= 0.3 is 16.4 Å². The van der Waals surface area contributed by atoms with Crippen LogP contribution in [0.2, 0.25) is 0 Å². The fourth-order valence-electron chi connectivity index (χ4n) is 3.07. The number of anilines is 1. The molecule has 3 amide bonds. The third kappa shape index (κ3) is 6.03. The zero-order valence-corrected chi connectivity index (χ0v) is 19.3. The number of nitrogens with zero attached hydrogens (tertiary/aromatic N) is 6. The molecule has 0 bridgehead atoms. The van der Waals surface area contributed by atoms with Crippen LogP contribution in [0.3, 0.4) is 0 Å². The van der Waals surface area contributed by atoms with E-state index in [1.54, 1.807) is 0 Å². The molecular formula is C15H20N10O8S2. The number of rotatable bonds is 11. The van der Waals surface area contributed by atoms with Gasteiger partial charge in [0.05, 0.1) is 25.0 Å². The molecule has 1 fully saturated rings. The first kappa shape index (κ1) is 25.9. The van der Waals surface area contributed by atoms with Gasteiger partial charge in [0.25, 0.3) is 11.8 Å². The summed E-state index contributed by atoms with van der Waals surface area (Å²) in [6, 6.07) is -4.43. The molecule has 3 rings (SSSR count). The number of nitroso groups, excluding NO2 is 1. The number of hydrogen-bond donors (Lipinski definition) is 5. The summed E-state index contributed by atoms with van der Waals surface area (Å²) in [4.78, 5) is 52.4. The van der Waals surface area contributed by atoms with E-state index in [0.717, 1.165) is 16.1 Å². The Morgan fingerprint density at radius 3 is 2.74 bits per heavy atom. The van der Waals surface area contributed by atoms with Crippen LogP contribution in [0.1, 0.15) is 17.4 Å². The van der Waals surface area contributed by atoms with E-state index in [1.165, 1.54) is 11.6 Å². The lowest BCUT2D eigenvalue weighted by Gasteiger charge is -2.43.